The van der Waals surface area contributed by atoms with E-state index in [-0.39, 0.29) is 5.82 Å². The van der Waals surface area contributed by atoms with E-state index in [0.29, 0.717) is 11.7 Å². The van der Waals surface area contributed by atoms with Crippen molar-refractivity contribution in [1.82, 2.24) is 15.0 Å². The van der Waals surface area contributed by atoms with Gasteiger partial charge in [-0.05, 0) is 35.9 Å². The molecular weight excluding hydrogens is 339 g/mol. The van der Waals surface area contributed by atoms with Gasteiger partial charge in [-0.15, -0.1) is 0 Å². The molecule has 0 aliphatic carbocycles. The Hall–Kier alpha value is -2.92. The summed E-state index contributed by atoms with van der Waals surface area (Å²) >= 11 is 6.20. The fourth-order valence-corrected chi connectivity index (χ4v) is 2.80. The van der Waals surface area contributed by atoms with Crippen molar-refractivity contribution in [2.45, 2.75) is 6.54 Å². The van der Waals surface area contributed by atoms with Gasteiger partial charge in [0.15, 0.2) is 5.15 Å². The highest BCUT2D eigenvalue weighted by atomic mass is 35.5. The van der Waals surface area contributed by atoms with Crippen molar-refractivity contribution in [3.63, 3.8) is 0 Å². The second-order valence-corrected chi connectivity index (χ2v) is 6.04. The van der Waals surface area contributed by atoms with Crippen LogP contribution in [0.2, 0.25) is 5.15 Å². The predicted molar refractivity (Wildman–Crippen MR) is 98.1 cm³/mol. The van der Waals surface area contributed by atoms with Gasteiger partial charge in [-0.1, -0.05) is 23.7 Å². The molecule has 0 radical (unpaired) electrons. The van der Waals surface area contributed by atoms with Crippen LogP contribution in [0.25, 0.3) is 22.2 Å². The molecule has 0 saturated carbocycles. The average molecular weight is 353 g/mol. The van der Waals surface area contributed by atoms with E-state index in [4.69, 9.17) is 11.6 Å². The minimum absolute atomic E-state index is 0.252. The minimum Gasteiger partial charge on any atom is -0.378 e. The number of anilines is 1. The summed E-state index contributed by atoms with van der Waals surface area (Å²) in [6, 6.07) is 12.3. The summed E-state index contributed by atoms with van der Waals surface area (Å²) in [4.78, 5) is 11.7. The lowest BCUT2D eigenvalue weighted by atomic mass is 10.1. The van der Waals surface area contributed by atoms with Crippen LogP contribution in [0.4, 0.5) is 10.1 Å². The Kier molecular flexibility index (Phi) is 4.07. The van der Waals surface area contributed by atoms with Gasteiger partial charge in [0.1, 0.15) is 11.5 Å². The number of halogens is 2. The predicted octanol–water partition coefficient (Wildman–Crippen LogP) is 5.03. The summed E-state index contributed by atoms with van der Waals surface area (Å²) in [6.07, 6.45) is 5.38. The highest BCUT2D eigenvalue weighted by molar-refractivity contribution is 6.32. The summed E-state index contributed by atoms with van der Waals surface area (Å²) < 4.78 is 13.0. The number of rotatable bonds is 4. The molecule has 0 spiro atoms. The number of aromatic amines is 1. The number of fused-ring (bicyclic) bond motifs is 1. The van der Waals surface area contributed by atoms with Crippen molar-refractivity contribution >= 4 is 28.3 Å². The standard InChI is InChI=1S/C19H14ClFN4/c20-18-17(23-9-12-1-3-16(21)4-2-12)8-15(10-24-18)14-7-13-5-6-22-19(13)25-11-14/h1-8,10-11,23H,9H2,(H,22,25). The Morgan fingerprint density at radius 3 is 2.60 bits per heavy atom. The first-order valence-electron chi connectivity index (χ1n) is 7.76. The molecule has 3 heterocycles. The molecule has 0 fully saturated rings. The Bertz CT molecular complexity index is 1030. The molecular formula is C19H14ClFN4. The monoisotopic (exact) mass is 352 g/mol. The van der Waals surface area contributed by atoms with Crippen LogP contribution in [0.1, 0.15) is 5.56 Å². The van der Waals surface area contributed by atoms with Crippen LogP contribution in [0.5, 0.6) is 0 Å². The molecule has 4 nitrogen and oxygen atoms in total. The van der Waals surface area contributed by atoms with Crippen LogP contribution in [0, 0.1) is 5.82 Å². The van der Waals surface area contributed by atoms with Crippen molar-refractivity contribution in [1.29, 1.82) is 0 Å². The first kappa shape index (κ1) is 15.6. The van der Waals surface area contributed by atoms with Crippen LogP contribution in [-0.4, -0.2) is 15.0 Å². The first-order valence-corrected chi connectivity index (χ1v) is 8.14. The molecule has 0 amide bonds. The van der Waals surface area contributed by atoms with E-state index >= 15 is 0 Å². The maximum Gasteiger partial charge on any atom is 0.152 e. The number of nitrogens with zero attached hydrogens (tertiary/aromatic N) is 2. The first-order chi connectivity index (χ1) is 12.2. The molecule has 124 valence electrons. The normalized spacial score (nSPS) is 11.0. The zero-order valence-corrected chi connectivity index (χ0v) is 13.9. The van der Waals surface area contributed by atoms with Crippen LogP contribution in [0.3, 0.4) is 0 Å². The van der Waals surface area contributed by atoms with Crippen molar-refractivity contribution in [2.24, 2.45) is 0 Å². The number of nitrogens with one attached hydrogen (secondary N) is 2. The highest BCUT2D eigenvalue weighted by Gasteiger charge is 2.07. The zero-order valence-electron chi connectivity index (χ0n) is 13.1. The lowest BCUT2D eigenvalue weighted by Gasteiger charge is -2.10. The van der Waals surface area contributed by atoms with Gasteiger partial charge < -0.3 is 10.3 Å². The lowest BCUT2D eigenvalue weighted by molar-refractivity contribution is 0.627. The molecule has 0 saturated heterocycles. The van der Waals surface area contributed by atoms with Crippen molar-refractivity contribution < 1.29 is 4.39 Å². The van der Waals surface area contributed by atoms with Gasteiger partial charge in [-0.2, -0.15) is 0 Å². The van der Waals surface area contributed by atoms with E-state index in [1.165, 1.54) is 12.1 Å². The largest absolute Gasteiger partial charge is 0.378 e. The number of aromatic nitrogens is 3. The fraction of sp³-hybridized carbons (Fsp3) is 0.0526. The maximum absolute atomic E-state index is 13.0. The third kappa shape index (κ3) is 3.32. The molecule has 6 heteroatoms. The number of hydrogen-bond donors (Lipinski definition) is 2. The number of pyridine rings is 2. The molecule has 0 aliphatic rings. The van der Waals surface area contributed by atoms with Crippen molar-refractivity contribution in [2.75, 3.05) is 5.32 Å². The number of hydrogen-bond acceptors (Lipinski definition) is 3. The van der Waals surface area contributed by atoms with Gasteiger partial charge in [0.25, 0.3) is 0 Å². The van der Waals surface area contributed by atoms with Crippen LogP contribution >= 0.6 is 11.6 Å². The molecule has 0 unspecified atom stereocenters. The van der Waals surface area contributed by atoms with Gasteiger partial charge in [0, 0.05) is 41.6 Å². The fourth-order valence-electron chi connectivity index (χ4n) is 2.63. The highest BCUT2D eigenvalue weighted by Crippen LogP contribution is 2.28. The van der Waals surface area contributed by atoms with Crippen LogP contribution in [0.15, 0.2) is 61.1 Å². The van der Waals surface area contributed by atoms with Gasteiger partial charge in [0.2, 0.25) is 0 Å². The van der Waals surface area contributed by atoms with Gasteiger partial charge in [-0.3, -0.25) is 0 Å². The van der Waals surface area contributed by atoms with E-state index in [2.05, 4.69) is 20.3 Å². The van der Waals surface area contributed by atoms with Crippen LogP contribution in [-0.2, 0) is 6.54 Å². The molecule has 0 atom stereocenters. The third-order valence-electron chi connectivity index (χ3n) is 3.97. The summed E-state index contributed by atoms with van der Waals surface area (Å²) in [5.41, 5.74) is 4.40. The second-order valence-electron chi connectivity index (χ2n) is 5.68. The third-order valence-corrected chi connectivity index (χ3v) is 4.27. The molecule has 25 heavy (non-hydrogen) atoms. The van der Waals surface area contributed by atoms with E-state index in [1.54, 1.807) is 24.5 Å². The van der Waals surface area contributed by atoms with Crippen LogP contribution < -0.4 is 5.32 Å². The van der Waals surface area contributed by atoms with Gasteiger partial charge in [0.05, 0.1) is 5.69 Å². The molecule has 3 aromatic heterocycles. The molecule has 0 aliphatic heterocycles. The van der Waals surface area contributed by atoms with Crippen molar-refractivity contribution in [3.8, 4) is 11.1 Å². The topological polar surface area (TPSA) is 53.6 Å². The van der Waals surface area contributed by atoms with E-state index in [9.17, 15) is 4.39 Å². The summed E-state index contributed by atoms with van der Waals surface area (Å²) in [6.45, 7) is 0.528. The maximum atomic E-state index is 13.0. The van der Waals surface area contributed by atoms with E-state index in [0.717, 1.165) is 33.4 Å². The molecule has 1 aromatic carbocycles. The molecule has 4 rings (SSSR count). The smallest absolute Gasteiger partial charge is 0.152 e. The SMILES string of the molecule is Fc1ccc(CNc2cc(-c3cnc4[nH]ccc4c3)cnc2Cl)cc1. The van der Waals surface area contributed by atoms with Gasteiger partial charge in [-0.25, -0.2) is 14.4 Å². The average Bonchev–Trinajstić information content (AvgIpc) is 3.10. The summed E-state index contributed by atoms with van der Waals surface area (Å²) in [5.74, 6) is -0.252. The number of benzene rings is 1. The summed E-state index contributed by atoms with van der Waals surface area (Å²) in [7, 11) is 0. The number of H-pyrrole nitrogens is 1. The zero-order chi connectivity index (χ0) is 17.2. The molecule has 0 bridgehead atoms. The van der Waals surface area contributed by atoms with E-state index < -0.39 is 0 Å². The van der Waals surface area contributed by atoms with Crippen molar-refractivity contribution in [3.05, 3.63) is 77.6 Å². The Labute approximate surface area is 148 Å². The van der Waals surface area contributed by atoms with Gasteiger partial charge >= 0.3 is 0 Å². The Morgan fingerprint density at radius 2 is 1.76 bits per heavy atom. The van der Waals surface area contributed by atoms with E-state index in [1.807, 2.05) is 24.4 Å². The molecule has 4 aromatic rings. The Balaban J connectivity index is 1.60. The lowest BCUT2D eigenvalue weighted by Crippen LogP contribution is -2.01. The molecule has 2 N–H and O–H groups in total. The second kappa shape index (κ2) is 6.53. The quantitative estimate of drug-likeness (QED) is 0.506. The summed E-state index contributed by atoms with van der Waals surface area (Å²) in [5, 5.41) is 4.67. The minimum atomic E-state index is -0.252. The Morgan fingerprint density at radius 1 is 1.00 bits per heavy atom.